The number of aromatic nitrogens is 2. The van der Waals surface area contributed by atoms with Crippen molar-refractivity contribution in [2.24, 2.45) is 0 Å². The summed E-state index contributed by atoms with van der Waals surface area (Å²) in [7, 11) is 0.326. The molecular formula is C9H15N3O3S. The van der Waals surface area contributed by atoms with Crippen molar-refractivity contribution in [3.8, 4) is 0 Å². The summed E-state index contributed by atoms with van der Waals surface area (Å²) >= 11 is 0. The Balaban J connectivity index is 2.88. The van der Waals surface area contributed by atoms with Gasteiger partial charge in [-0.2, -0.15) is 0 Å². The summed E-state index contributed by atoms with van der Waals surface area (Å²) in [5, 5.41) is -0.0537. The van der Waals surface area contributed by atoms with Crippen LogP contribution in [-0.4, -0.2) is 38.3 Å². The van der Waals surface area contributed by atoms with Crippen LogP contribution in [0.3, 0.4) is 0 Å². The molecule has 1 rings (SSSR count). The molecule has 0 saturated carbocycles. The minimum atomic E-state index is -0.943. The number of imidazole rings is 1. The van der Waals surface area contributed by atoms with E-state index in [9.17, 15) is 9.00 Å². The Kier molecular flexibility index (Phi) is 4.05. The fourth-order valence-electron chi connectivity index (χ4n) is 1.17. The number of anilines is 1. The van der Waals surface area contributed by atoms with Crippen LogP contribution in [0, 0.1) is 0 Å². The van der Waals surface area contributed by atoms with Crippen molar-refractivity contribution in [1.82, 2.24) is 9.55 Å². The van der Waals surface area contributed by atoms with Crippen molar-refractivity contribution in [2.45, 2.75) is 18.7 Å². The van der Waals surface area contributed by atoms with Crippen LogP contribution in [0.4, 0.5) is 5.82 Å². The third kappa shape index (κ3) is 2.60. The van der Waals surface area contributed by atoms with E-state index in [0.717, 1.165) is 0 Å². The molecule has 0 bridgehead atoms. The maximum atomic E-state index is 11.2. The third-order valence-electron chi connectivity index (χ3n) is 2.28. The van der Waals surface area contributed by atoms with Gasteiger partial charge in [-0.05, 0) is 6.92 Å². The van der Waals surface area contributed by atoms with E-state index < -0.39 is 16.8 Å². The quantitative estimate of drug-likeness (QED) is 0.755. The summed E-state index contributed by atoms with van der Waals surface area (Å²) in [6.45, 7) is 2.30. The summed E-state index contributed by atoms with van der Waals surface area (Å²) in [6.07, 6.45) is 3.07. The molecule has 0 fully saturated rings. The first-order chi connectivity index (χ1) is 7.47. The molecule has 2 unspecified atom stereocenters. The third-order valence-corrected chi connectivity index (χ3v) is 3.56. The molecule has 90 valence electrons. The van der Waals surface area contributed by atoms with Crippen LogP contribution in [0.5, 0.6) is 0 Å². The molecule has 0 aliphatic carbocycles. The molecule has 0 radical (unpaired) electrons. The van der Waals surface area contributed by atoms with Gasteiger partial charge in [0.25, 0.3) is 0 Å². The highest BCUT2D eigenvalue weighted by molar-refractivity contribution is 7.84. The van der Waals surface area contributed by atoms with Gasteiger partial charge in [0.15, 0.2) is 5.69 Å². The van der Waals surface area contributed by atoms with Gasteiger partial charge in [0.2, 0.25) is 0 Å². The van der Waals surface area contributed by atoms with Crippen molar-refractivity contribution < 1.29 is 13.7 Å². The summed E-state index contributed by atoms with van der Waals surface area (Å²) in [5.74, 6) is -0.328. The summed E-state index contributed by atoms with van der Waals surface area (Å²) in [6, 6.07) is 0. The Bertz CT molecular complexity index is 416. The van der Waals surface area contributed by atoms with Gasteiger partial charge in [-0.15, -0.1) is 0 Å². The van der Waals surface area contributed by atoms with Crippen LogP contribution < -0.4 is 5.73 Å². The number of methoxy groups -OCH3 is 1. The van der Waals surface area contributed by atoms with E-state index in [1.165, 1.54) is 13.4 Å². The molecule has 0 aliphatic heterocycles. The number of carbonyl (C=O) groups is 1. The zero-order chi connectivity index (χ0) is 12.3. The normalized spacial score (nSPS) is 14.4. The van der Waals surface area contributed by atoms with Crippen LogP contribution in [0.1, 0.15) is 17.4 Å². The van der Waals surface area contributed by atoms with Crippen molar-refractivity contribution in [2.75, 3.05) is 19.1 Å². The minimum absolute atomic E-state index is 0.0537. The first kappa shape index (κ1) is 12.7. The Hall–Kier alpha value is -1.37. The molecule has 0 spiro atoms. The number of hydrogen-bond donors (Lipinski definition) is 1. The number of esters is 1. The standard InChI is InChI=1S/C9H15N3O3S/c1-6(16(3)14)4-12-5-11-7(8(12)10)9(13)15-2/h5-6H,4,10H2,1-3H3. The number of hydrogen-bond acceptors (Lipinski definition) is 5. The van der Waals surface area contributed by atoms with Gasteiger partial charge in [0.05, 0.1) is 13.4 Å². The lowest BCUT2D eigenvalue weighted by Crippen LogP contribution is -2.18. The molecule has 2 N–H and O–H groups in total. The van der Waals surface area contributed by atoms with Gasteiger partial charge >= 0.3 is 5.97 Å². The number of nitrogens with zero attached hydrogens (tertiary/aromatic N) is 2. The summed E-state index contributed by atoms with van der Waals surface area (Å²) in [5.41, 5.74) is 5.82. The van der Waals surface area contributed by atoms with Gasteiger partial charge in [-0.1, -0.05) is 0 Å². The highest BCUT2D eigenvalue weighted by Crippen LogP contribution is 2.12. The molecular weight excluding hydrogens is 230 g/mol. The first-order valence-corrected chi connectivity index (χ1v) is 6.30. The number of carbonyl (C=O) groups excluding carboxylic acids is 1. The molecule has 0 amide bonds. The molecule has 2 atom stereocenters. The minimum Gasteiger partial charge on any atom is -0.464 e. The Morgan fingerprint density at radius 1 is 1.75 bits per heavy atom. The van der Waals surface area contributed by atoms with Gasteiger partial charge in [-0.25, -0.2) is 9.78 Å². The molecule has 1 aromatic rings. The second-order valence-electron chi connectivity index (χ2n) is 3.43. The van der Waals surface area contributed by atoms with E-state index in [0.29, 0.717) is 6.54 Å². The first-order valence-electron chi connectivity index (χ1n) is 4.68. The lowest BCUT2D eigenvalue weighted by atomic mass is 10.4. The van der Waals surface area contributed by atoms with Gasteiger partial charge in [-0.3, -0.25) is 4.21 Å². The number of nitrogens with two attached hydrogens (primary N) is 1. The Labute approximate surface area is 96.2 Å². The predicted octanol–water partition coefficient (Wildman–Crippen LogP) is 0.0189. The van der Waals surface area contributed by atoms with E-state index in [1.54, 1.807) is 10.8 Å². The monoisotopic (exact) mass is 245 g/mol. The lowest BCUT2D eigenvalue weighted by molar-refractivity contribution is 0.0596. The van der Waals surface area contributed by atoms with Gasteiger partial charge < -0.3 is 15.0 Å². The van der Waals surface area contributed by atoms with Crippen molar-refractivity contribution in [1.29, 1.82) is 0 Å². The molecule has 0 saturated heterocycles. The molecule has 0 aromatic carbocycles. The second kappa shape index (κ2) is 5.11. The zero-order valence-corrected chi connectivity index (χ0v) is 10.3. The molecule has 1 heterocycles. The van der Waals surface area contributed by atoms with E-state index >= 15 is 0 Å². The Morgan fingerprint density at radius 2 is 2.38 bits per heavy atom. The average Bonchev–Trinajstić information content (AvgIpc) is 2.59. The number of rotatable bonds is 4. The van der Waals surface area contributed by atoms with E-state index in [-0.39, 0.29) is 16.8 Å². The van der Waals surface area contributed by atoms with E-state index in [2.05, 4.69) is 9.72 Å². The van der Waals surface area contributed by atoms with Crippen molar-refractivity contribution >= 4 is 22.6 Å². The lowest BCUT2D eigenvalue weighted by Gasteiger charge is -2.10. The highest BCUT2D eigenvalue weighted by atomic mass is 32.2. The Morgan fingerprint density at radius 3 is 2.88 bits per heavy atom. The van der Waals surface area contributed by atoms with E-state index in [4.69, 9.17) is 5.73 Å². The van der Waals surface area contributed by atoms with Crippen LogP contribution >= 0.6 is 0 Å². The van der Waals surface area contributed by atoms with Crippen LogP contribution in [0.25, 0.3) is 0 Å². The summed E-state index contributed by atoms with van der Waals surface area (Å²) < 4.78 is 17.3. The number of ether oxygens (including phenoxy) is 1. The fourth-order valence-corrected chi connectivity index (χ4v) is 1.54. The van der Waals surface area contributed by atoms with Crippen molar-refractivity contribution in [3.05, 3.63) is 12.0 Å². The number of nitrogen functional groups attached to an aromatic ring is 1. The van der Waals surface area contributed by atoms with Crippen molar-refractivity contribution in [3.63, 3.8) is 0 Å². The molecule has 7 heteroatoms. The molecule has 16 heavy (non-hydrogen) atoms. The van der Waals surface area contributed by atoms with Crippen LogP contribution in [0.15, 0.2) is 6.33 Å². The average molecular weight is 245 g/mol. The molecule has 0 aliphatic rings. The van der Waals surface area contributed by atoms with Gasteiger partial charge in [0, 0.05) is 28.9 Å². The maximum absolute atomic E-state index is 11.2. The predicted molar refractivity (Wildman–Crippen MR) is 61.5 cm³/mol. The van der Waals surface area contributed by atoms with Crippen LogP contribution in [-0.2, 0) is 22.1 Å². The van der Waals surface area contributed by atoms with E-state index in [1.807, 2.05) is 6.92 Å². The highest BCUT2D eigenvalue weighted by Gasteiger charge is 2.17. The van der Waals surface area contributed by atoms with Gasteiger partial charge in [0.1, 0.15) is 5.82 Å². The topological polar surface area (TPSA) is 87.2 Å². The maximum Gasteiger partial charge on any atom is 0.360 e. The van der Waals surface area contributed by atoms with Crippen LogP contribution in [0.2, 0.25) is 0 Å². The fraction of sp³-hybridized carbons (Fsp3) is 0.556. The largest absolute Gasteiger partial charge is 0.464 e. The zero-order valence-electron chi connectivity index (χ0n) is 9.47. The SMILES string of the molecule is COC(=O)c1ncn(CC(C)S(C)=O)c1N. The summed E-state index contributed by atoms with van der Waals surface area (Å²) in [4.78, 5) is 15.1. The molecule has 1 aromatic heterocycles. The second-order valence-corrected chi connectivity index (χ2v) is 5.23. The smallest absolute Gasteiger partial charge is 0.360 e. The molecule has 6 nitrogen and oxygen atoms in total.